The second-order valence-corrected chi connectivity index (χ2v) is 7.15. The van der Waals surface area contributed by atoms with Gasteiger partial charge in [0.25, 0.3) is 0 Å². The normalized spacial score (nSPS) is 16.5. The predicted octanol–water partition coefficient (Wildman–Crippen LogP) is 3.46. The van der Waals surface area contributed by atoms with Crippen molar-refractivity contribution in [3.63, 3.8) is 0 Å². The molecular formula is C20H22N4O2. The molecule has 1 N–H and O–H groups in total. The number of ether oxygens (including phenoxy) is 1. The van der Waals surface area contributed by atoms with Crippen LogP contribution in [0, 0.1) is 12.3 Å². The van der Waals surface area contributed by atoms with Crippen molar-refractivity contribution in [1.82, 2.24) is 14.4 Å². The van der Waals surface area contributed by atoms with Gasteiger partial charge < -0.3 is 14.5 Å². The third-order valence-corrected chi connectivity index (χ3v) is 5.10. The van der Waals surface area contributed by atoms with Gasteiger partial charge in [0.15, 0.2) is 0 Å². The summed E-state index contributed by atoms with van der Waals surface area (Å²) in [7, 11) is 0. The number of nitrogens with one attached hydrogen (secondary N) is 1. The number of aryl methyl sites for hydroxylation is 1. The molecule has 4 heterocycles. The van der Waals surface area contributed by atoms with Gasteiger partial charge in [0, 0.05) is 42.9 Å². The summed E-state index contributed by atoms with van der Waals surface area (Å²) in [5, 5.41) is 2.97. The summed E-state index contributed by atoms with van der Waals surface area (Å²) in [5.41, 5.74) is 3.78. The molecule has 1 amide bonds. The van der Waals surface area contributed by atoms with Crippen LogP contribution in [0.5, 0.6) is 0 Å². The first-order chi connectivity index (χ1) is 12.5. The number of fused-ring (bicyclic) bond motifs is 1. The molecule has 0 bridgehead atoms. The minimum atomic E-state index is -0.395. The number of rotatable bonds is 3. The van der Waals surface area contributed by atoms with E-state index >= 15 is 0 Å². The quantitative estimate of drug-likeness (QED) is 0.785. The molecular weight excluding hydrogens is 328 g/mol. The Morgan fingerprint density at radius 1 is 1.19 bits per heavy atom. The summed E-state index contributed by atoms with van der Waals surface area (Å²) in [4.78, 5) is 21.3. The molecule has 1 aliphatic rings. The molecule has 6 heteroatoms. The number of hydrogen-bond donors (Lipinski definition) is 1. The highest BCUT2D eigenvalue weighted by atomic mass is 16.5. The van der Waals surface area contributed by atoms with Crippen LogP contribution in [0.3, 0.4) is 0 Å². The first kappa shape index (κ1) is 16.7. The molecule has 1 saturated heterocycles. The van der Waals surface area contributed by atoms with Crippen molar-refractivity contribution in [2.24, 2.45) is 5.41 Å². The Bertz CT molecular complexity index is 957. The smallest absolute Gasteiger partial charge is 0.231 e. The fraction of sp³-hybridized carbons (Fsp3) is 0.350. The van der Waals surface area contributed by atoms with E-state index in [9.17, 15) is 4.79 Å². The molecule has 3 aromatic heterocycles. The van der Waals surface area contributed by atoms with Crippen molar-refractivity contribution in [1.29, 1.82) is 0 Å². The van der Waals surface area contributed by atoms with Gasteiger partial charge in [-0.1, -0.05) is 6.92 Å². The first-order valence-corrected chi connectivity index (χ1v) is 8.83. The average molecular weight is 350 g/mol. The highest BCUT2D eigenvalue weighted by Gasteiger charge is 2.35. The minimum Gasteiger partial charge on any atom is -0.381 e. The topological polar surface area (TPSA) is 68.5 Å². The zero-order valence-corrected chi connectivity index (χ0v) is 15.0. The maximum Gasteiger partial charge on any atom is 0.231 e. The van der Waals surface area contributed by atoms with Crippen LogP contribution in [0.2, 0.25) is 0 Å². The Balaban J connectivity index is 1.58. The standard InChI is InChI=1S/C20H22N4O2/c1-14-9-15(3-6-21-14)16-10-17-11-18(22-13-24(17)12-16)23-19(25)20(2)4-7-26-8-5-20/h3,6,9-13H,4-5,7-8H2,1-2H3,(H,23,25). The number of pyridine rings is 1. The largest absolute Gasteiger partial charge is 0.381 e. The number of carbonyl (C=O) groups excluding carboxylic acids is 1. The van der Waals surface area contributed by atoms with Gasteiger partial charge in [0.1, 0.15) is 12.1 Å². The van der Waals surface area contributed by atoms with Gasteiger partial charge in [-0.05, 0) is 43.5 Å². The molecule has 0 radical (unpaired) electrons. The van der Waals surface area contributed by atoms with Crippen molar-refractivity contribution < 1.29 is 9.53 Å². The number of amides is 1. The Kier molecular flexibility index (Phi) is 4.20. The second kappa shape index (κ2) is 6.53. The van der Waals surface area contributed by atoms with Crippen molar-refractivity contribution in [2.75, 3.05) is 18.5 Å². The van der Waals surface area contributed by atoms with E-state index in [1.807, 2.05) is 42.8 Å². The highest BCUT2D eigenvalue weighted by Crippen LogP contribution is 2.31. The lowest BCUT2D eigenvalue weighted by Crippen LogP contribution is -2.38. The molecule has 3 aromatic rings. The maximum atomic E-state index is 12.7. The van der Waals surface area contributed by atoms with E-state index in [4.69, 9.17) is 4.74 Å². The molecule has 0 atom stereocenters. The fourth-order valence-corrected chi connectivity index (χ4v) is 3.28. The zero-order valence-electron chi connectivity index (χ0n) is 15.0. The summed E-state index contributed by atoms with van der Waals surface area (Å²) in [6.07, 6.45) is 7.04. The Morgan fingerprint density at radius 2 is 2.00 bits per heavy atom. The SMILES string of the molecule is Cc1cc(-c2cc3cc(NC(=O)C4(C)CCOCC4)ncn3c2)ccn1. The molecule has 1 aliphatic heterocycles. The Labute approximate surface area is 152 Å². The molecule has 0 spiro atoms. The lowest BCUT2D eigenvalue weighted by atomic mass is 9.81. The number of aromatic nitrogens is 3. The molecule has 26 heavy (non-hydrogen) atoms. The summed E-state index contributed by atoms with van der Waals surface area (Å²) in [6.45, 7) is 5.23. The van der Waals surface area contributed by atoms with Crippen LogP contribution in [-0.4, -0.2) is 33.5 Å². The lowest BCUT2D eigenvalue weighted by molar-refractivity contribution is -0.129. The zero-order chi connectivity index (χ0) is 18.1. The van der Waals surface area contributed by atoms with Crippen molar-refractivity contribution in [3.8, 4) is 11.1 Å². The highest BCUT2D eigenvalue weighted by molar-refractivity contribution is 5.94. The van der Waals surface area contributed by atoms with Gasteiger partial charge >= 0.3 is 0 Å². The van der Waals surface area contributed by atoms with Crippen LogP contribution in [0.25, 0.3) is 16.6 Å². The summed E-state index contributed by atoms with van der Waals surface area (Å²) in [5.74, 6) is 0.583. The van der Waals surface area contributed by atoms with Crippen LogP contribution < -0.4 is 5.32 Å². The van der Waals surface area contributed by atoms with Crippen molar-refractivity contribution >= 4 is 17.2 Å². The van der Waals surface area contributed by atoms with Gasteiger partial charge in [-0.25, -0.2) is 4.98 Å². The van der Waals surface area contributed by atoms with Crippen LogP contribution in [-0.2, 0) is 9.53 Å². The van der Waals surface area contributed by atoms with Gasteiger partial charge in [0.2, 0.25) is 5.91 Å². The van der Waals surface area contributed by atoms with E-state index in [0.717, 1.165) is 35.2 Å². The van der Waals surface area contributed by atoms with E-state index < -0.39 is 5.41 Å². The molecule has 0 saturated carbocycles. The van der Waals surface area contributed by atoms with E-state index in [1.54, 1.807) is 6.33 Å². The Hall–Kier alpha value is -2.73. The molecule has 0 aliphatic carbocycles. The number of nitrogens with zero attached hydrogens (tertiary/aromatic N) is 3. The van der Waals surface area contributed by atoms with Crippen LogP contribution >= 0.6 is 0 Å². The van der Waals surface area contributed by atoms with Crippen LogP contribution in [0.4, 0.5) is 5.82 Å². The van der Waals surface area contributed by atoms with E-state index in [-0.39, 0.29) is 5.91 Å². The molecule has 6 nitrogen and oxygen atoms in total. The van der Waals surface area contributed by atoms with Gasteiger partial charge in [-0.15, -0.1) is 0 Å². The van der Waals surface area contributed by atoms with E-state index in [0.29, 0.717) is 19.0 Å². The van der Waals surface area contributed by atoms with E-state index in [2.05, 4.69) is 27.4 Å². The minimum absolute atomic E-state index is 0.00851. The molecule has 1 fully saturated rings. The fourth-order valence-electron chi connectivity index (χ4n) is 3.28. The second-order valence-electron chi connectivity index (χ2n) is 7.15. The van der Waals surface area contributed by atoms with Crippen molar-refractivity contribution in [2.45, 2.75) is 26.7 Å². The number of anilines is 1. The van der Waals surface area contributed by atoms with E-state index in [1.165, 1.54) is 0 Å². The molecule has 4 rings (SSSR count). The summed E-state index contributed by atoms with van der Waals surface area (Å²) < 4.78 is 7.33. The maximum absolute atomic E-state index is 12.7. The Morgan fingerprint density at radius 3 is 2.77 bits per heavy atom. The molecule has 134 valence electrons. The van der Waals surface area contributed by atoms with Gasteiger partial charge in [-0.3, -0.25) is 9.78 Å². The summed E-state index contributed by atoms with van der Waals surface area (Å²) >= 11 is 0. The summed E-state index contributed by atoms with van der Waals surface area (Å²) in [6, 6.07) is 8.03. The number of hydrogen-bond acceptors (Lipinski definition) is 4. The average Bonchev–Trinajstić information content (AvgIpc) is 3.06. The number of carbonyl (C=O) groups is 1. The molecule has 0 unspecified atom stereocenters. The monoisotopic (exact) mass is 350 g/mol. The lowest BCUT2D eigenvalue weighted by Gasteiger charge is -2.31. The first-order valence-electron chi connectivity index (χ1n) is 8.83. The molecule has 0 aromatic carbocycles. The third-order valence-electron chi connectivity index (χ3n) is 5.10. The predicted molar refractivity (Wildman–Crippen MR) is 99.9 cm³/mol. The van der Waals surface area contributed by atoms with Crippen molar-refractivity contribution in [3.05, 3.63) is 48.7 Å². The van der Waals surface area contributed by atoms with Gasteiger partial charge in [0.05, 0.1) is 10.9 Å². The van der Waals surface area contributed by atoms with Gasteiger partial charge in [-0.2, -0.15) is 0 Å². The van der Waals surface area contributed by atoms with Crippen LogP contribution in [0.1, 0.15) is 25.5 Å². The third kappa shape index (κ3) is 3.20. The van der Waals surface area contributed by atoms with Crippen LogP contribution in [0.15, 0.2) is 43.0 Å².